The van der Waals surface area contributed by atoms with E-state index in [9.17, 15) is 0 Å². The number of rotatable bonds is 0. The van der Waals surface area contributed by atoms with Crippen LogP contribution in [0.4, 0.5) is 0 Å². The second-order valence-corrected chi connectivity index (χ2v) is 5.23. The minimum Gasteiger partial charge on any atom is -0.333 e. The molecule has 0 aliphatic carbocycles. The van der Waals surface area contributed by atoms with Gasteiger partial charge in [0.2, 0.25) is 0 Å². The molecule has 2 aromatic rings. The Kier molecular flexibility index (Phi) is 2.10. The van der Waals surface area contributed by atoms with Crippen LogP contribution in [0.3, 0.4) is 0 Å². The van der Waals surface area contributed by atoms with Crippen LogP contribution >= 0.6 is 0 Å². The maximum Gasteiger partial charge on any atom is 0.139 e. The largest absolute Gasteiger partial charge is 0.333 e. The zero-order chi connectivity index (χ0) is 11.2. The van der Waals surface area contributed by atoms with Gasteiger partial charge < -0.3 is 4.57 Å². The molecular weight excluding hydrogens is 184 g/mol. The first-order valence-electron chi connectivity index (χ1n) is 5.32. The number of fused-ring (bicyclic) bond motifs is 1. The lowest BCUT2D eigenvalue weighted by atomic mass is 9.88. The van der Waals surface area contributed by atoms with Crippen molar-refractivity contribution >= 4 is 11.0 Å². The standard InChI is InChI=1S/C13H18N2/c1-9-6-10-7-11(13(2,3)4)8-14-12(10)15(9)5/h6-8H,1-5H3. The van der Waals surface area contributed by atoms with Crippen molar-refractivity contribution in [2.24, 2.45) is 7.05 Å². The van der Waals surface area contributed by atoms with E-state index in [-0.39, 0.29) is 5.41 Å². The monoisotopic (exact) mass is 202 g/mol. The molecule has 2 aromatic heterocycles. The molecule has 0 saturated carbocycles. The zero-order valence-corrected chi connectivity index (χ0v) is 10.1. The van der Waals surface area contributed by atoms with E-state index in [4.69, 9.17) is 0 Å². The highest BCUT2D eigenvalue weighted by Crippen LogP contribution is 2.25. The van der Waals surface area contributed by atoms with Crippen LogP contribution in [0.15, 0.2) is 18.3 Å². The van der Waals surface area contributed by atoms with E-state index in [1.807, 2.05) is 6.20 Å². The van der Waals surface area contributed by atoms with Gasteiger partial charge in [0, 0.05) is 24.3 Å². The summed E-state index contributed by atoms with van der Waals surface area (Å²) in [6, 6.07) is 4.44. The van der Waals surface area contributed by atoms with E-state index in [1.54, 1.807) is 0 Å². The minimum atomic E-state index is 0.172. The topological polar surface area (TPSA) is 17.8 Å². The summed E-state index contributed by atoms with van der Waals surface area (Å²) in [4.78, 5) is 4.53. The van der Waals surface area contributed by atoms with Gasteiger partial charge in [-0.25, -0.2) is 4.98 Å². The second kappa shape index (κ2) is 3.09. The van der Waals surface area contributed by atoms with Crippen LogP contribution in [0.5, 0.6) is 0 Å². The highest BCUT2D eigenvalue weighted by molar-refractivity contribution is 5.78. The normalized spacial score (nSPS) is 12.3. The quantitative estimate of drug-likeness (QED) is 0.641. The lowest BCUT2D eigenvalue weighted by molar-refractivity contribution is 0.588. The zero-order valence-electron chi connectivity index (χ0n) is 10.1. The van der Waals surface area contributed by atoms with Crippen molar-refractivity contribution in [1.29, 1.82) is 0 Å². The van der Waals surface area contributed by atoms with Gasteiger partial charge in [-0.2, -0.15) is 0 Å². The summed E-state index contributed by atoms with van der Waals surface area (Å²) in [6.45, 7) is 8.75. The molecule has 0 radical (unpaired) electrons. The van der Waals surface area contributed by atoms with Crippen LogP contribution < -0.4 is 0 Å². The fourth-order valence-electron chi connectivity index (χ4n) is 1.76. The molecule has 0 unspecified atom stereocenters. The van der Waals surface area contributed by atoms with Crippen molar-refractivity contribution in [2.45, 2.75) is 33.1 Å². The maximum absolute atomic E-state index is 4.53. The first-order chi connectivity index (χ1) is 6.89. The lowest BCUT2D eigenvalue weighted by Crippen LogP contribution is -2.11. The van der Waals surface area contributed by atoms with Crippen molar-refractivity contribution < 1.29 is 0 Å². The summed E-state index contributed by atoms with van der Waals surface area (Å²) in [7, 11) is 2.06. The number of hydrogen-bond acceptors (Lipinski definition) is 1. The Bertz CT molecular complexity index is 501. The van der Waals surface area contributed by atoms with E-state index in [0.717, 1.165) is 5.65 Å². The molecule has 0 amide bonds. The van der Waals surface area contributed by atoms with Crippen molar-refractivity contribution in [3.63, 3.8) is 0 Å². The lowest BCUT2D eigenvalue weighted by Gasteiger charge is -2.18. The molecule has 0 atom stereocenters. The molecule has 0 saturated heterocycles. The van der Waals surface area contributed by atoms with Crippen LogP contribution in [0.1, 0.15) is 32.0 Å². The third kappa shape index (κ3) is 1.65. The molecular formula is C13H18N2. The number of nitrogens with zero attached hydrogens (tertiary/aromatic N) is 2. The number of aromatic nitrogens is 2. The number of aryl methyl sites for hydroxylation is 2. The van der Waals surface area contributed by atoms with E-state index in [1.165, 1.54) is 16.6 Å². The highest BCUT2D eigenvalue weighted by atomic mass is 15.0. The van der Waals surface area contributed by atoms with Gasteiger partial charge in [0.05, 0.1) is 0 Å². The van der Waals surface area contributed by atoms with E-state index in [2.05, 4.69) is 56.4 Å². The Balaban J connectivity index is 2.67. The minimum absolute atomic E-state index is 0.172. The molecule has 2 nitrogen and oxygen atoms in total. The molecule has 0 aromatic carbocycles. The van der Waals surface area contributed by atoms with Gasteiger partial charge in [-0.1, -0.05) is 20.8 Å². The Hall–Kier alpha value is -1.31. The summed E-state index contributed by atoms with van der Waals surface area (Å²) in [6.07, 6.45) is 1.99. The van der Waals surface area contributed by atoms with Crippen LogP contribution in [0.2, 0.25) is 0 Å². The third-order valence-electron chi connectivity index (χ3n) is 2.97. The molecule has 0 aliphatic heterocycles. The van der Waals surface area contributed by atoms with Crippen molar-refractivity contribution in [3.05, 3.63) is 29.6 Å². The van der Waals surface area contributed by atoms with E-state index >= 15 is 0 Å². The summed E-state index contributed by atoms with van der Waals surface area (Å²) in [5.74, 6) is 0. The first kappa shape index (κ1) is 10.2. The van der Waals surface area contributed by atoms with Crippen LogP contribution in [-0.4, -0.2) is 9.55 Å². The molecule has 2 heterocycles. The Morgan fingerprint density at radius 2 is 1.87 bits per heavy atom. The smallest absolute Gasteiger partial charge is 0.139 e. The van der Waals surface area contributed by atoms with E-state index < -0.39 is 0 Å². The number of pyridine rings is 1. The van der Waals surface area contributed by atoms with Crippen molar-refractivity contribution in [1.82, 2.24) is 9.55 Å². The van der Waals surface area contributed by atoms with Gasteiger partial charge >= 0.3 is 0 Å². The predicted molar refractivity (Wildman–Crippen MR) is 64.2 cm³/mol. The predicted octanol–water partition coefficient (Wildman–Crippen LogP) is 3.18. The van der Waals surface area contributed by atoms with Crippen LogP contribution in [0.25, 0.3) is 11.0 Å². The average molecular weight is 202 g/mol. The summed E-state index contributed by atoms with van der Waals surface area (Å²) >= 11 is 0. The molecule has 80 valence electrons. The van der Waals surface area contributed by atoms with Gasteiger partial charge in [-0.05, 0) is 30.0 Å². The fourth-order valence-corrected chi connectivity index (χ4v) is 1.76. The van der Waals surface area contributed by atoms with Gasteiger partial charge in [0.25, 0.3) is 0 Å². The maximum atomic E-state index is 4.53. The summed E-state index contributed by atoms with van der Waals surface area (Å²) in [5, 5.41) is 1.24. The third-order valence-corrected chi connectivity index (χ3v) is 2.97. The van der Waals surface area contributed by atoms with Gasteiger partial charge in [-0.3, -0.25) is 0 Å². The molecule has 0 aliphatic rings. The van der Waals surface area contributed by atoms with E-state index in [0.29, 0.717) is 0 Å². The number of hydrogen-bond donors (Lipinski definition) is 0. The Morgan fingerprint density at radius 3 is 2.47 bits per heavy atom. The second-order valence-electron chi connectivity index (χ2n) is 5.23. The Labute approximate surface area is 90.9 Å². The van der Waals surface area contributed by atoms with Crippen molar-refractivity contribution in [3.8, 4) is 0 Å². The van der Waals surface area contributed by atoms with Gasteiger partial charge in [0.1, 0.15) is 5.65 Å². The van der Waals surface area contributed by atoms with Gasteiger partial charge in [-0.15, -0.1) is 0 Å². The molecule has 0 fully saturated rings. The molecule has 15 heavy (non-hydrogen) atoms. The Morgan fingerprint density at radius 1 is 1.20 bits per heavy atom. The molecule has 0 spiro atoms. The SMILES string of the molecule is Cc1cc2cc(C(C)(C)C)cnc2n1C. The molecule has 0 bridgehead atoms. The molecule has 2 heteroatoms. The van der Waals surface area contributed by atoms with Crippen LogP contribution in [-0.2, 0) is 12.5 Å². The average Bonchev–Trinajstić information content (AvgIpc) is 2.41. The summed E-state index contributed by atoms with van der Waals surface area (Å²) in [5.41, 5.74) is 3.79. The first-order valence-corrected chi connectivity index (χ1v) is 5.32. The summed E-state index contributed by atoms with van der Waals surface area (Å²) < 4.78 is 2.13. The molecule has 0 N–H and O–H groups in total. The van der Waals surface area contributed by atoms with Crippen molar-refractivity contribution in [2.75, 3.05) is 0 Å². The van der Waals surface area contributed by atoms with Crippen LogP contribution in [0, 0.1) is 6.92 Å². The molecule has 2 rings (SSSR count). The highest BCUT2D eigenvalue weighted by Gasteiger charge is 2.15. The van der Waals surface area contributed by atoms with Gasteiger partial charge in [0.15, 0.2) is 0 Å². The fraction of sp³-hybridized carbons (Fsp3) is 0.462.